The van der Waals surface area contributed by atoms with Crippen LogP contribution in [0.2, 0.25) is 0 Å². The van der Waals surface area contributed by atoms with E-state index in [-0.39, 0.29) is 18.3 Å². The molecule has 0 radical (unpaired) electrons. The first kappa shape index (κ1) is 25.5. The highest BCUT2D eigenvalue weighted by Gasteiger charge is 2.49. The van der Waals surface area contributed by atoms with E-state index in [9.17, 15) is 14.7 Å². The molecule has 1 aliphatic heterocycles. The Hall–Kier alpha value is -3.15. The van der Waals surface area contributed by atoms with Crippen molar-refractivity contribution in [3.05, 3.63) is 101 Å². The summed E-state index contributed by atoms with van der Waals surface area (Å²) in [5.41, 5.74) is 10.3. The molecule has 1 heterocycles. The average Bonchev–Trinajstić information content (AvgIpc) is 2.92. The van der Waals surface area contributed by atoms with Crippen LogP contribution in [-0.4, -0.2) is 22.5 Å². The molecule has 0 saturated heterocycles. The number of para-hydroxylation sites is 1. The van der Waals surface area contributed by atoms with Gasteiger partial charge in [-0.2, -0.15) is 0 Å². The van der Waals surface area contributed by atoms with Gasteiger partial charge < -0.3 is 15.7 Å². The Morgan fingerprint density at radius 2 is 1.65 bits per heavy atom. The minimum absolute atomic E-state index is 0. The number of aryl methyl sites for hydroxylation is 3. The summed E-state index contributed by atoms with van der Waals surface area (Å²) in [7, 11) is 0. The summed E-state index contributed by atoms with van der Waals surface area (Å²) >= 11 is 0. The summed E-state index contributed by atoms with van der Waals surface area (Å²) in [5.74, 6) is -2.34. The van der Waals surface area contributed by atoms with Gasteiger partial charge in [0.25, 0.3) is 0 Å². The van der Waals surface area contributed by atoms with Crippen LogP contribution in [0.4, 0.5) is 5.69 Å². The van der Waals surface area contributed by atoms with Gasteiger partial charge in [0.05, 0.1) is 12.5 Å². The first-order chi connectivity index (χ1) is 15.9. The third-order valence-corrected chi connectivity index (χ3v) is 6.68. The largest absolute Gasteiger partial charge is 0.481 e. The van der Waals surface area contributed by atoms with Crippen LogP contribution in [0.1, 0.15) is 35.1 Å². The monoisotopic (exact) mass is 478 g/mol. The smallest absolute Gasteiger partial charge is 0.308 e. The quantitative estimate of drug-likeness (QED) is 0.504. The van der Waals surface area contributed by atoms with Crippen molar-refractivity contribution in [1.82, 2.24) is 0 Å². The second-order valence-electron chi connectivity index (χ2n) is 8.96. The summed E-state index contributed by atoms with van der Waals surface area (Å²) in [5, 5.41) is 10.2. The zero-order valence-electron chi connectivity index (χ0n) is 19.3. The number of hydrogen-bond donors (Lipinski definition) is 2. The average molecular weight is 479 g/mol. The minimum Gasteiger partial charge on any atom is -0.481 e. The van der Waals surface area contributed by atoms with E-state index < -0.39 is 17.4 Å². The molecule has 0 bridgehead atoms. The van der Waals surface area contributed by atoms with E-state index in [1.165, 1.54) is 0 Å². The molecule has 3 N–H and O–H groups in total. The van der Waals surface area contributed by atoms with Crippen LogP contribution in [0, 0.1) is 12.8 Å². The first-order valence-electron chi connectivity index (χ1n) is 11.4. The van der Waals surface area contributed by atoms with Gasteiger partial charge in [0.15, 0.2) is 0 Å². The van der Waals surface area contributed by atoms with E-state index in [1.54, 1.807) is 4.90 Å². The molecule has 4 rings (SSSR count). The number of carbonyl (C=O) groups excluding carboxylic acids is 1. The molecule has 5 nitrogen and oxygen atoms in total. The molecule has 1 amide bonds. The molecular weight excluding hydrogens is 448 g/mol. The number of amides is 1. The highest BCUT2D eigenvalue weighted by Crippen LogP contribution is 2.36. The Balaban J connectivity index is 0.00000324. The van der Waals surface area contributed by atoms with E-state index >= 15 is 0 Å². The number of carbonyl (C=O) groups is 2. The summed E-state index contributed by atoms with van der Waals surface area (Å²) in [6, 6.07) is 25.5. The van der Waals surface area contributed by atoms with Gasteiger partial charge in [-0.25, -0.2) is 0 Å². The van der Waals surface area contributed by atoms with Gasteiger partial charge >= 0.3 is 5.97 Å². The molecule has 0 aliphatic carbocycles. The number of benzene rings is 3. The van der Waals surface area contributed by atoms with Crippen molar-refractivity contribution < 1.29 is 14.7 Å². The Morgan fingerprint density at radius 1 is 1.00 bits per heavy atom. The molecule has 1 aliphatic rings. The van der Waals surface area contributed by atoms with E-state index in [4.69, 9.17) is 5.73 Å². The Kier molecular flexibility index (Phi) is 8.13. The molecule has 0 aromatic heterocycles. The summed E-state index contributed by atoms with van der Waals surface area (Å²) in [4.78, 5) is 28.1. The first-order valence-corrected chi connectivity index (χ1v) is 11.4. The maximum atomic E-state index is 14.0. The van der Waals surface area contributed by atoms with Crippen molar-refractivity contribution in [3.8, 4) is 0 Å². The molecule has 3 aromatic carbocycles. The lowest BCUT2D eigenvalue weighted by molar-refractivity contribution is -0.148. The number of carboxylic acid groups (broad SMARTS) is 1. The van der Waals surface area contributed by atoms with Gasteiger partial charge in [0.2, 0.25) is 5.91 Å². The normalized spacial score (nSPS) is 18.4. The molecule has 6 heteroatoms. The highest BCUT2D eigenvalue weighted by atomic mass is 35.5. The topological polar surface area (TPSA) is 83.6 Å². The van der Waals surface area contributed by atoms with Crippen molar-refractivity contribution in [2.45, 2.75) is 44.7 Å². The van der Waals surface area contributed by atoms with Crippen molar-refractivity contribution >= 4 is 30.0 Å². The molecule has 0 fully saturated rings. The predicted molar refractivity (Wildman–Crippen MR) is 137 cm³/mol. The molecule has 0 unspecified atom stereocenters. The fourth-order valence-corrected chi connectivity index (χ4v) is 4.71. The molecule has 34 heavy (non-hydrogen) atoms. The van der Waals surface area contributed by atoms with Crippen LogP contribution >= 0.6 is 12.4 Å². The summed E-state index contributed by atoms with van der Waals surface area (Å²) < 4.78 is 0. The number of anilines is 1. The number of aliphatic carboxylic acids is 1. The lowest BCUT2D eigenvalue weighted by Gasteiger charge is -2.36. The van der Waals surface area contributed by atoms with E-state index in [1.807, 2.05) is 85.8 Å². The zero-order valence-corrected chi connectivity index (χ0v) is 20.1. The van der Waals surface area contributed by atoms with Crippen LogP contribution in [0.15, 0.2) is 78.9 Å². The predicted octanol–water partition coefficient (Wildman–Crippen LogP) is 4.93. The Morgan fingerprint density at radius 3 is 2.32 bits per heavy atom. The van der Waals surface area contributed by atoms with Gasteiger partial charge in [-0.15, -0.1) is 12.4 Å². The number of carboxylic acids is 1. The van der Waals surface area contributed by atoms with Crippen molar-refractivity contribution in [1.29, 1.82) is 0 Å². The van der Waals surface area contributed by atoms with Crippen LogP contribution in [0.5, 0.6) is 0 Å². The lowest BCUT2D eigenvalue weighted by atomic mass is 9.76. The maximum Gasteiger partial charge on any atom is 0.308 e. The van der Waals surface area contributed by atoms with Gasteiger partial charge in [-0.3, -0.25) is 9.59 Å². The molecular formula is C28H31ClN2O3. The second-order valence-corrected chi connectivity index (χ2v) is 8.96. The van der Waals surface area contributed by atoms with Crippen LogP contribution in [0.3, 0.4) is 0 Å². The van der Waals surface area contributed by atoms with Gasteiger partial charge in [-0.05, 0) is 55.4 Å². The van der Waals surface area contributed by atoms with Crippen LogP contribution in [-0.2, 0) is 29.0 Å². The third kappa shape index (κ3) is 5.32. The third-order valence-electron chi connectivity index (χ3n) is 6.68. The Labute approximate surface area is 207 Å². The van der Waals surface area contributed by atoms with Crippen LogP contribution < -0.4 is 10.6 Å². The molecule has 178 valence electrons. The van der Waals surface area contributed by atoms with Crippen molar-refractivity contribution in [2.75, 3.05) is 4.90 Å². The fraction of sp³-hybridized carbons (Fsp3) is 0.286. The zero-order chi connectivity index (χ0) is 23.4. The van der Waals surface area contributed by atoms with E-state index in [2.05, 4.69) is 0 Å². The molecule has 0 saturated carbocycles. The SMILES string of the molecule is Cc1ccc(CN2C(=O)[C@@](N)([C@H](CCc3ccccc3)C(=O)O)CCc3ccccc32)cc1.Cl. The number of halogens is 1. The second kappa shape index (κ2) is 10.9. The molecule has 2 atom stereocenters. The van der Waals surface area contributed by atoms with Gasteiger partial charge in [-0.1, -0.05) is 78.4 Å². The van der Waals surface area contributed by atoms with Crippen molar-refractivity contribution in [3.63, 3.8) is 0 Å². The van der Waals surface area contributed by atoms with Crippen LogP contribution in [0.25, 0.3) is 0 Å². The number of rotatable bonds is 7. The van der Waals surface area contributed by atoms with Gasteiger partial charge in [0, 0.05) is 5.69 Å². The fourth-order valence-electron chi connectivity index (χ4n) is 4.71. The number of fused-ring (bicyclic) bond motifs is 1. The lowest BCUT2D eigenvalue weighted by Crippen LogP contribution is -2.61. The number of nitrogens with two attached hydrogens (primary N) is 1. The van der Waals surface area contributed by atoms with Crippen molar-refractivity contribution in [2.24, 2.45) is 11.7 Å². The maximum absolute atomic E-state index is 14.0. The van der Waals surface area contributed by atoms with E-state index in [0.29, 0.717) is 32.2 Å². The molecule has 0 spiro atoms. The van der Waals surface area contributed by atoms with E-state index in [0.717, 1.165) is 27.9 Å². The summed E-state index contributed by atoms with van der Waals surface area (Å²) in [6.45, 7) is 2.37. The van der Waals surface area contributed by atoms with Gasteiger partial charge in [0.1, 0.15) is 5.54 Å². The summed E-state index contributed by atoms with van der Waals surface area (Å²) in [6.07, 6.45) is 1.70. The molecule has 3 aromatic rings. The highest BCUT2D eigenvalue weighted by molar-refractivity contribution is 6.03. The minimum atomic E-state index is -1.50. The number of hydrogen-bond acceptors (Lipinski definition) is 3. The number of nitrogens with zero attached hydrogens (tertiary/aromatic N) is 1. The standard InChI is InChI=1S/C28H30N2O3.ClH/c1-20-11-13-22(14-12-20)19-30-25-10-6-5-9-23(25)17-18-28(29,27(30)33)24(26(31)32)16-15-21-7-3-2-4-8-21;/h2-14,24H,15-19,29H2,1H3,(H,31,32);1H/t24-,28+;/m1./s1. The Bertz CT molecular complexity index is 1130.